The highest BCUT2D eigenvalue weighted by atomic mass is 16.5. The number of benzene rings is 1. The zero-order valence-electron chi connectivity index (χ0n) is 33.3. The van der Waals surface area contributed by atoms with Crippen LogP contribution in [0, 0.1) is 23.7 Å². The molecule has 0 spiro atoms. The van der Waals surface area contributed by atoms with Crippen LogP contribution in [0.4, 0.5) is 4.79 Å². The Hall–Kier alpha value is -4.20. The Bertz CT molecular complexity index is 1290. The quantitative estimate of drug-likeness (QED) is 0.0673. The van der Waals surface area contributed by atoms with Crippen LogP contribution >= 0.6 is 0 Å². The second-order valence-corrected chi connectivity index (χ2v) is 15.4. The average molecular weight is 747 g/mol. The number of hydrogen-bond donors (Lipinski definition) is 6. The summed E-state index contributed by atoms with van der Waals surface area (Å²) in [4.78, 5) is 78.8. The lowest BCUT2D eigenvalue weighted by Gasteiger charge is -2.28. The Balaban J connectivity index is 3.16. The van der Waals surface area contributed by atoms with Gasteiger partial charge in [-0.05, 0) is 74.2 Å². The second kappa shape index (κ2) is 24.9. The number of carbonyl (C=O) groups excluding carboxylic acids is 6. The molecule has 5 atom stereocenters. The molecule has 0 saturated heterocycles. The van der Waals surface area contributed by atoms with E-state index in [-0.39, 0.29) is 49.7 Å². The maximum absolute atomic E-state index is 13.9. The number of hydrogen-bond acceptors (Lipinski definition) is 9. The summed E-state index contributed by atoms with van der Waals surface area (Å²) in [6.45, 7) is 15.8. The number of ether oxygens (including phenoxy) is 2. The third-order valence-corrected chi connectivity index (χ3v) is 8.29. The number of unbranched alkanes of at least 4 members (excludes halogenated alkanes) is 1. The Kier molecular flexibility index (Phi) is 22.0. The Morgan fingerprint density at radius 1 is 0.604 bits per heavy atom. The smallest absolute Gasteiger partial charge is 0.407 e. The number of nitrogens with two attached hydrogens (primary N) is 1. The first-order chi connectivity index (χ1) is 24.9. The summed E-state index contributed by atoms with van der Waals surface area (Å²) in [6, 6.07) is 4.52. The third kappa shape index (κ3) is 20.0. The molecular formula is C39H66N6O8. The van der Waals surface area contributed by atoms with Crippen LogP contribution in [-0.2, 0) is 40.1 Å². The lowest BCUT2D eigenvalue weighted by Crippen LogP contribution is -2.59. The largest absolute Gasteiger partial charge is 0.467 e. The molecule has 0 heterocycles. The van der Waals surface area contributed by atoms with Gasteiger partial charge in [0.2, 0.25) is 23.6 Å². The van der Waals surface area contributed by atoms with Crippen LogP contribution in [0.2, 0.25) is 0 Å². The first kappa shape index (κ1) is 46.8. The van der Waals surface area contributed by atoms with Gasteiger partial charge in [0.05, 0.1) is 13.2 Å². The monoisotopic (exact) mass is 746 g/mol. The molecule has 0 bridgehead atoms. The van der Waals surface area contributed by atoms with E-state index in [4.69, 9.17) is 15.2 Å². The fraction of sp³-hybridized carbons (Fsp3) is 0.692. The number of alkyl carbamates (subject to hydrolysis) is 1. The summed E-state index contributed by atoms with van der Waals surface area (Å²) in [5.74, 6) is -2.47. The Morgan fingerprint density at radius 3 is 1.57 bits per heavy atom. The fourth-order valence-electron chi connectivity index (χ4n) is 5.65. The molecule has 7 N–H and O–H groups in total. The third-order valence-electron chi connectivity index (χ3n) is 8.29. The Labute approximate surface area is 316 Å². The van der Waals surface area contributed by atoms with Crippen molar-refractivity contribution in [3.63, 3.8) is 0 Å². The van der Waals surface area contributed by atoms with E-state index >= 15 is 0 Å². The average Bonchev–Trinajstić information content (AvgIpc) is 3.08. The molecule has 0 aliphatic carbocycles. The summed E-state index contributed by atoms with van der Waals surface area (Å²) in [5, 5.41) is 13.8. The summed E-state index contributed by atoms with van der Waals surface area (Å²) in [5.41, 5.74) is 6.96. The summed E-state index contributed by atoms with van der Waals surface area (Å²) < 4.78 is 10.2. The lowest BCUT2D eigenvalue weighted by molar-refractivity contribution is -0.146. The van der Waals surface area contributed by atoms with E-state index in [1.54, 1.807) is 0 Å². The van der Waals surface area contributed by atoms with Crippen molar-refractivity contribution in [1.82, 2.24) is 26.6 Å². The van der Waals surface area contributed by atoms with E-state index in [0.717, 1.165) is 5.56 Å². The molecule has 0 unspecified atom stereocenters. The molecule has 1 rings (SSSR count). The zero-order valence-corrected chi connectivity index (χ0v) is 33.3. The highest BCUT2D eigenvalue weighted by Crippen LogP contribution is 2.13. The van der Waals surface area contributed by atoms with Gasteiger partial charge in [0, 0.05) is 6.54 Å². The van der Waals surface area contributed by atoms with Gasteiger partial charge in [-0.15, -0.1) is 0 Å². The SMILES string of the molecule is COC(=O)[C@H](CC(C)C)NC(=O)[C@H](CC(C)C)NC(=O)[C@H](CCCCNC(=O)OCc1ccccc1)NC(=O)[C@H](CC(C)C)NC(=O)[C@@H](N)CC(C)C. The summed E-state index contributed by atoms with van der Waals surface area (Å²) >= 11 is 0. The minimum absolute atomic E-state index is 0.00540. The van der Waals surface area contributed by atoms with Gasteiger partial charge < -0.3 is 41.8 Å². The standard InChI is InChI=1S/C39H66N6O8/c1-24(2)19-29(40)34(46)43-31(20-25(3)4)36(48)42-30(17-13-14-18-41-39(51)53-23-28-15-11-10-12-16-28)35(47)44-32(21-26(5)6)37(49)45-33(22-27(7)8)38(50)52-9/h10-12,15-16,24-27,29-33H,13-14,17-23,40H2,1-9H3,(H,41,51)(H,42,48)(H,43,46)(H,44,47)(H,45,49)/t29-,30-,31-,32-,33-/m0/s1. The molecule has 14 heteroatoms. The summed E-state index contributed by atoms with van der Waals surface area (Å²) in [6.07, 6.45) is 1.82. The molecule has 1 aromatic rings. The molecule has 0 aliphatic rings. The van der Waals surface area contributed by atoms with Crippen LogP contribution in [-0.4, -0.2) is 79.6 Å². The molecule has 0 radical (unpaired) electrons. The van der Waals surface area contributed by atoms with Crippen molar-refractivity contribution < 1.29 is 38.2 Å². The minimum Gasteiger partial charge on any atom is -0.467 e. The van der Waals surface area contributed by atoms with Crippen LogP contribution in [0.3, 0.4) is 0 Å². The van der Waals surface area contributed by atoms with Crippen LogP contribution in [0.15, 0.2) is 30.3 Å². The molecule has 5 amide bonds. The minimum atomic E-state index is -1.09. The highest BCUT2D eigenvalue weighted by Gasteiger charge is 2.33. The Morgan fingerprint density at radius 2 is 1.06 bits per heavy atom. The van der Waals surface area contributed by atoms with Gasteiger partial charge in [0.25, 0.3) is 0 Å². The number of rotatable bonds is 24. The van der Waals surface area contributed by atoms with E-state index in [1.807, 2.05) is 85.7 Å². The van der Waals surface area contributed by atoms with Gasteiger partial charge in [-0.3, -0.25) is 19.2 Å². The molecular weight excluding hydrogens is 680 g/mol. The zero-order chi connectivity index (χ0) is 40.1. The van der Waals surface area contributed by atoms with Gasteiger partial charge >= 0.3 is 12.1 Å². The molecule has 0 aromatic heterocycles. The normalized spacial score (nSPS) is 14.2. The number of amides is 5. The fourth-order valence-corrected chi connectivity index (χ4v) is 5.65. The molecule has 300 valence electrons. The van der Waals surface area contributed by atoms with Gasteiger partial charge in [0.15, 0.2) is 0 Å². The number of methoxy groups -OCH3 is 1. The van der Waals surface area contributed by atoms with Gasteiger partial charge in [-0.1, -0.05) is 85.7 Å². The molecule has 53 heavy (non-hydrogen) atoms. The summed E-state index contributed by atoms with van der Waals surface area (Å²) in [7, 11) is 1.25. The van der Waals surface area contributed by atoms with Crippen LogP contribution in [0.25, 0.3) is 0 Å². The van der Waals surface area contributed by atoms with Crippen LogP contribution in [0.5, 0.6) is 0 Å². The predicted octanol–water partition coefficient (Wildman–Crippen LogP) is 3.71. The number of nitrogens with one attached hydrogen (secondary N) is 5. The highest BCUT2D eigenvalue weighted by molar-refractivity contribution is 5.95. The molecule has 0 saturated carbocycles. The number of carbonyl (C=O) groups is 6. The second-order valence-electron chi connectivity index (χ2n) is 15.4. The van der Waals surface area contributed by atoms with Gasteiger partial charge in [-0.2, -0.15) is 0 Å². The first-order valence-electron chi connectivity index (χ1n) is 18.9. The van der Waals surface area contributed by atoms with E-state index in [2.05, 4.69) is 26.6 Å². The molecule has 1 aromatic carbocycles. The van der Waals surface area contributed by atoms with Crippen molar-refractivity contribution in [2.45, 2.75) is 137 Å². The van der Waals surface area contributed by atoms with Crippen LogP contribution in [0.1, 0.15) is 106 Å². The predicted molar refractivity (Wildman–Crippen MR) is 204 cm³/mol. The van der Waals surface area contributed by atoms with E-state index in [9.17, 15) is 28.8 Å². The lowest BCUT2D eigenvalue weighted by atomic mass is 9.99. The molecule has 0 aliphatic heterocycles. The van der Waals surface area contributed by atoms with Gasteiger partial charge in [-0.25, -0.2) is 9.59 Å². The molecule has 0 fully saturated rings. The van der Waals surface area contributed by atoms with Gasteiger partial charge in [0.1, 0.15) is 30.8 Å². The van der Waals surface area contributed by atoms with Crippen LogP contribution < -0.4 is 32.3 Å². The van der Waals surface area contributed by atoms with Crippen molar-refractivity contribution in [1.29, 1.82) is 0 Å². The van der Waals surface area contributed by atoms with Crippen molar-refractivity contribution in [2.75, 3.05) is 13.7 Å². The van der Waals surface area contributed by atoms with Crippen molar-refractivity contribution >= 4 is 35.7 Å². The van der Waals surface area contributed by atoms with E-state index in [0.29, 0.717) is 32.1 Å². The van der Waals surface area contributed by atoms with E-state index < -0.39 is 65.9 Å². The van der Waals surface area contributed by atoms with Crippen molar-refractivity contribution in [2.24, 2.45) is 29.4 Å². The maximum Gasteiger partial charge on any atom is 0.407 e. The number of esters is 1. The van der Waals surface area contributed by atoms with Crippen molar-refractivity contribution in [3.8, 4) is 0 Å². The topological polar surface area (TPSA) is 207 Å². The molecule has 14 nitrogen and oxygen atoms in total. The van der Waals surface area contributed by atoms with E-state index in [1.165, 1.54) is 7.11 Å². The van der Waals surface area contributed by atoms with Crippen molar-refractivity contribution in [3.05, 3.63) is 35.9 Å². The first-order valence-corrected chi connectivity index (χ1v) is 18.9. The maximum atomic E-state index is 13.9.